The van der Waals surface area contributed by atoms with Crippen LogP contribution in [0.1, 0.15) is 43.0 Å². The van der Waals surface area contributed by atoms with Gasteiger partial charge in [0.05, 0.1) is 29.7 Å². The highest BCUT2D eigenvalue weighted by Gasteiger charge is 2.48. The number of aromatic nitrogens is 4. The maximum absolute atomic E-state index is 13.2. The summed E-state index contributed by atoms with van der Waals surface area (Å²) in [6.45, 7) is 3.00. The van der Waals surface area contributed by atoms with E-state index in [2.05, 4.69) is 10.1 Å². The first-order chi connectivity index (χ1) is 16.1. The van der Waals surface area contributed by atoms with E-state index in [1.165, 1.54) is 23.0 Å². The van der Waals surface area contributed by atoms with E-state index in [4.69, 9.17) is 5.11 Å². The van der Waals surface area contributed by atoms with Crippen LogP contribution < -0.4 is 5.56 Å². The molecule has 1 aliphatic carbocycles. The number of carboxylic acid groups (broad SMARTS) is 1. The maximum Gasteiger partial charge on any atom is 0.335 e. The largest absolute Gasteiger partial charge is 0.478 e. The molecule has 34 heavy (non-hydrogen) atoms. The molecule has 1 saturated carbocycles. The van der Waals surface area contributed by atoms with Crippen LogP contribution in [0.2, 0.25) is 0 Å². The molecule has 3 heterocycles. The van der Waals surface area contributed by atoms with E-state index in [0.29, 0.717) is 42.7 Å². The molecular formula is C24H27N5O5. The van der Waals surface area contributed by atoms with Crippen LogP contribution in [0.25, 0.3) is 22.3 Å². The monoisotopic (exact) mass is 465 g/mol. The van der Waals surface area contributed by atoms with Gasteiger partial charge >= 0.3 is 5.97 Å². The average molecular weight is 466 g/mol. The lowest BCUT2D eigenvalue weighted by Gasteiger charge is -2.39. The second-order valence-electron chi connectivity index (χ2n) is 9.81. The summed E-state index contributed by atoms with van der Waals surface area (Å²) in [6, 6.07) is 6.31. The number of carbonyl (C=O) groups is 2. The van der Waals surface area contributed by atoms with Crippen LogP contribution in [0.3, 0.4) is 0 Å². The molecular weight excluding hydrogens is 438 g/mol. The molecule has 1 aliphatic heterocycles. The first kappa shape index (κ1) is 22.3. The van der Waals surface area contributed by atoms with E-state index < -0.39 is 11.6 Å². The van der Waals surface area contributed by atoms with Crippen molar-refractivity contribution in [2.45, 2.75) is 44.8 Å². The number of nitrogens with zero attached hydrogens (tertiary/aromatic N) is 5. The summed E-state index contributed by atoms with van der Waals surface area (Å²) in [6.07, 6.45) is 4.04. The molecule has 5 rings (SSSR count). The zero-order valence-electron chi connectivity index (χ0n) is 19.2. The molecule has 1 saturated heterocycles. The topological polar surface area (TPSA) is 131 Å². The van der Waals surface area contributed by atoms with Gasteiger partial charge in [0.25, 0.3) is 5.56 Å². The first-order valence-corrected chi connectivity index (χ1v) is 11.4. The number of amides is 1. The second-order valence-corrected chi connectivity index (χ2v) is 9.81. The Hall–Kier alpha value is -3.53. The zero-order valence-corrected chi connectivity index (χ0v) is 19.2. The molecule has 0 atom stereocenters. The van der Waals surface area contributed by atoms with Gasteiger partial charge in [-0.3, -0.25) is 18.8 Å². The van der Waals surface area contributed by atoms with Crippen molar-refractivity contribution in [2.24, 2.45) is 12.5 Å². The molecule has 0 radical (unpaired) electrons. The van der Waals surface area contributed by atoms with Crippen LogP contribution in [-0.4, -0.2) is 65.0 Å². The van der Waals surface area contributed by atoms with Crippen LogP contribution >= 0.6 is 0 Å². The molecule has 3 aromatic rings. The first-order valence-electron chi connectivity index (χ1n) is 11.4. The molecule has 0 unspecified atom stereocenters. The zero-order chi connectivity index (χ0) is 24.3. The normalized spacial score (nSPS) is 18.7. The van der Waals surface area contributed by atoms with E-state index in [1.54, 1.807) is 23.9 Å². The molecule has 2 aromatic heterocycles. The number of fused-ring (bicyclic) bond motifs is 1. The highest BCUT2D eigenvalue weighted by atomic mass is 16.4. The van der Waals surface area contributed by atoms with Crippen molar-refractivity contribution in [2.75, 3.05) is 13.1 Å². The molecule has 0 bridgehead atoms. The fourth-order valence-electron chi connectivity index (χ4n) is 4.69. The number of benzene rings is 1. The van der Waals surface area contributed by atoms with Crippen molar-refractivity contribution in [1.29, 1.82) is 0 Å². The summed E-state index contributed by atoms with van der Waals surface area (Å²) in [7, 11) is 1.70. The number of hydrogen-bond donors (Lipinski definition) is 2. The number of hydrogen-bond acceptors (Lipinski definition) is 6. The maximum atomic E-state index is 13.2. The Morgan fingerprint density at radius 3 is 2.29 bits per heavy atom. The van der Waals surface area contributed by atoms with Crippen molar-refractivity contribution >= 4 is 22.9 Å². The number of carbonyl (C=O) groups excluding carboxylic acids is 1. The minimum Gasteiger partial charge on any atom is -0.478 e. The fraction of sp³-hybridized carbons (Fsp3) is 0.458. The van der Waals surface area contributed by atoms with Gasteiger partial charge in [-0.25, -0.2) is 9.78 Å². The lowest BCUT2D eigenvalue weighted by molar-refractivity contribution is -0.141. The highest BCUT2D eigenvalue weighted by molar-refractivity contribution is 5.91. The molecule has 1 amide bonds. The van der Waals surface area contributed by atoms with Crippen molar-refractivity contribution < 1.29 is 19.8 Å². The third-order valence-electron chi connectivity index (χ3n) is 7.18. The van der Waals surface area contributed by atoms with Crippen LogP contribution in [0, 0.1) is 5.41 Å². The standard InChI is InChI=1S/C24H27N5O5/c1-23(7-8-23)22(33)28-11-9-24(34,10-12-28)13-29-14-25-17-18(20(29)30)26-27(2)19(17)15-3-5-16(6-4-15)21(31)32/h3-6,14,34H,7-13H2,1-2H3,(H,31,32). The van der Waals surface area contributed by atoms with Gasteiger partial charge < -0.3 is 15.1 Å². The van der Waals surface area contributed by atoms with E-state index in [-0.39, 0.29) is 34.5 Å². The summed E-state index contributed by atoms with van der Waals surface area (Å²) >= 11 is 0. The van der Waals surface area contributed by atoms with Crippen molar-refractivity contribution in [1.82, 2.24) is 24.2 Å². The molecule has 2 fully saturated rings. The highest BCUT2D eigenvalue weighted by Crippen LogP contribution is 2.47. The van der Waals surface area contributed by atoms with E-state index >= 15 is 0 Å². The van der Waals surface area contributed by atoms with Crippen LogP contribution in [0.5, 0.6) is 0 Å². The van der Waals surface area contributed by atoms with Crippen LogP contribution in [0.4, 0.5) is 0 Å². The molecule has 2 N–H and O–H groups in total. The van der Waals surface area contributed by atoms with Gasteiger partial charge in [-0.05, 0) is 37.8 Å². The number of aliphatic hydroxyl groups is 1. The third-order valence-corrected chi connectivity index (χ3v) is 7.18. The van der Waals surface area contributed by atoms with Crippen molar-refractivity contribution in [3.8, 4) is 11.3 Å². The molecule has 0 spiro atoms. The minimum absolute atomic E-state index is 0.0767. The average Bonchev–Trinajstić information content (AvgIpc) is 3.47. The fourth-order valence-corrected chi connectivity index (χ4v) is 4.69. The molecule has 2 aliphatic rings. The summed E-state index contributed by atoms with van der Waals surface area (Å²) < 4.78 is 2.93. The molecule has 178 valence electrons. The number of likely N-dealkylation sites (tertiary alicyclic amines) is 1. The van der Waals surface area contributed by atoms with Gasteiger partial charge in [-0.15, -0.1) is 0 Å². The predicted octanol–water partition coefficient (Wildman–Crippen LogP) is 1.65. The quantitative estimate of drug-likeness (QED) is 0.586. The van der Waals surface area contributed by atoms with Gasteiger partial charge in [0, 0.05) is 31.1 Å². The third kappa shape index (κ3) is 3.77. The molecule has 10 nitrogen and oxygen atoms in total. The summed E-state index contributed by atoms with van der Waals surface area (Å²) in [5.74, 6) is -0.857. The van der Waals surface area contributed by atoms with Gasteiger partial charge in [0.15, 0.2) is 5.52 Å². The Kier molecular flexibility index (Phi) is 5.09. The summed E-state index contributed by atoms with van der Waals surface area (Å²) in [5, 5.41) is 24.6. The van der Waals surface area contributed by atoms with E-state index in [1.807, 2.05) is 11.8 Å². The Bertz CT molecular complexity index is 1340. The number of rotatable bonds is 5. The Morgan fingerprint density at radius 1 is 1.06 bits per heavy atom. The second kappa shape index (κ2) is 7.76. The number of aromatic carboxylic acids is 1. The lowest BCUT2D eigenvalue weighted by Crippen LogP contribution is -2.51. The van der Waals surface area contributed by atoms with Gasteiger partial charge in [0.1, 0.15) is 5.52 Å². The number of piperidine rings is 1. The van der Waals surface area contributed by atoms with Gasteiger partial charge in [-0.2, -0.15) is 5.10 Å². The van der Waals surface area contributed by atoms with Crippen LogP contribution in [0.15, 0.2) is 35.4 Å². The van der Waals surface area contributed by atoms with E-state index in [9.17, 15) is 19.5 Å². The van der Waals surface area contributed by atoms with Crippen molar-refractivity contribution in [3.05, 3.63) is 46.5 Å². The van der Waals surface area contributed by atoms with Crippen LogP contribution in [-0.2, 0) is 18.4 Å². The van der Waals surface area contributed by atoms with E-state index in [0.717, 1.165) is 12.8 Å². The molecule has 10 heteroatoms. The molecule has 1 aromatic carbocycles. The Labute approximate surface area is 195 Å². The van der Waals surface area contributed by atoms with Gasteiger partial charge in [0.2, 0.25) is 5.91 Å². The SMILES string of the molecule is Cn1nc2c(=O)n(CC3(O)CCN(C(=O)C4(C)CC4)CC3)cnc2c1-c1ccc(C(=O)O)cc1. The minimum atomic E-state index is -1.11. The lowest BCUT2D eigenvalue weighted by atomic mass is 9.90. The summed E-state index contributed by atoms with van der Waals surface area (Å²) in [4.78, 5) is 43.2. The number of aryl methyl sites for hydroxylation is 1. The summed E-state index contributed by atoms with van der Waals surface area (Å²) in [5.41, 5.74) is 0.368. The Balaban J connectivity index is 1.38. The Morgan fingerprint density at radius 2 is 1.71 bits per heavy atom. The predicted molar refractivity (Wildman–Crippen MR) is 123 cm³/mol. The smallest absolute Gasteiger partial charge is 0.335 e. The van der Waals surface area contributed by atoms with Gasteiger partial charge in [-0.1, -0.05) is 19.1 Å². The van der Waals surface area contributed by atoms with Crippen molar-refractivity contribution in [3.63, 3.8) is 0 Å². The number of carboxylic acids is 1.